The van der Waals surface area contributed by atoms with Gasteiger partial charge in [0.2, 0.25) is 11.8 Å². The summed E-state index contributed by atoms with van der Waals surface area (Å²) >= 11 is 6.44. The first-order valence-electron chi connectivity index (χ1n) is 15.3. The van der Waals surface area contributed by atoms with Crippen LogP contribution in [-0.2, 0) is 32.6 Å². The third-order valence-electron chi connectivity index (χ3n) is 8.29. The highest BCUT2D eigenvalue weighted by Gasteiger charge is 2.35. The van der Waals surface area contributed by atoms with Crippen LogP contribution in [0.15, 0.2) is 108 Å². The second-order valence-electron chi connectivity index (χ2n) is 11.6. The first kappa shape index (κ1) is 33.2. The van der Waals surface area contributed by atoms with Gasteiger partial charge in [-0.25, -0.2) is 12.8 Å². The Balaban J connectivity index is 1.57. The molecule has 0 aliphatic heterocycles. The molecule has 1 aliphatic carbocycles. The van der Waals surface area contributed by atoms with Crippen molar-refractivity contribution in [2.45, 2.75) is 62.6 Å². The summed E-state index contributed by atoms with van der Waals surface area (Å²) in [6.07, 6.45) is 3.93. The fourth-order valence-corrected chi connectivity index (χ4v) is 7.30. The van der Waals surface area contributed by atoms with Gasteiger partial charge in [0.15, 0.2) is 0 Å². The Labute approximate surface area is 275 Å². The quantitative estimate of drug-likeness (QED) is 0.184. The van der Waals surface area contributed by atoms with E-state index in [1.54, 1.807) is 49.4 Å². The SMILES string of the molecule is Cc1ccc(N(CC(=O)N(Cc2ccc(F)cc2)[C@H](Cc2ccccc2)C(=O)NC2CCCC2)S(=O)(=O)c2ccccc2)cc1Cl. The number of carbonyl (C=O) groups excluding carboxylic acids is 2. The maximum Gasteiger partial charge on any atom is 0.264 e. The lowest BCUT2D eigenvalue weighted by molar-refractivity contribution is -0.140. The molecule has 0 saturated heterocycles. The summed E-state index contributed by atoms with van der Waals surface area (Å²) in [5.74, 6) is -1.34. The lowest BCUT2D eigenvalue weighted by Crippen LogP contribution is -2.54. The fraction of sp³-hybridized carbons (Fsp3) is 0.278. The second-order valence-corrected chi connectivity index (χ2v) is 13.9. The Morgan fingerprint density at radius 3 is 2.15 bits per heavy atom. The van der Waals surface area contributed by atoms with Crippen LogP contribution in [0.2, 0.25) is 5.02 Å². The van der Waals surface area contributed by atoms with Crippen molar-refractivity contribution in [3.05, 3.63) is 131 Å². The molecule has 1 saturated carbocycles. The van der Waals surface area contributed by atoms with Gasteiger partial charge in [-0.15, -0.1) is 0 Å². The van der Waals surface area contributed by atoms with Gasteiger partial charge in [0.25, 0.3) is 10.0 Å². The van der Waals surface area contributed by atoms with E-state index in [2.05, 4.69) is 5.32 Å². The highest BCUT2D eigenvalue weighted by molar-refractivity contribution is 7.92. The van der Waals surface area contributed by atoms with Crippen LogP contribution in [0.3, 0.4) is 0 Å². The van der Waals surface area contributed by atoms with Gasteiger partial charge in [-0.1, -0.05) is 91.2 Å². The first-order chi connectivity index (χ1) is 22.1. The number of aryl methyl sites for hydroxylation is 1. The average Bonchev–Trinajstić information content (AvgIpc) is 3.57. The van der Waals surface area contributed by atoms with Gasteiger partial charge in [-0.2, -0.15) is 0 Å². The number of sulfonamides is 1. The largest absolute Gasteiger partial charge is 0.352 e. The lowest BCUT2D eigenvalue weighted by atomic mass is 10.0. The zero-order valence-electron chi connectivity index (χ0n) is 25.6. The molecule has 240 valence electrons. The highest BCUT2D eigenvalue weighted by atomic mass is 35.5. The van der Waals surface area contributed by atoms with E-state index in [1.807, 2.05) is 30.3 Å². The van der Waals surface area contributed by atoms with E-state index in [0.29, 0.717) is 10.6 Å². The maximum atomic E-state index is 14.5. The molecular formula is C36H37ClFN3O4S. The topological polar surface area (TPSA) is 86.8 Å². The van der Waals surface area contributed by atoms with Crippen molar-refractivity contribution in [1.82, 2.24) is 10.2 Å². The number of hydrogen-bond donors (Lipinski definition) is 1. The first-order valence-corrected chi connectivity index (χ1v) is 17.2. The van der Waals surface area contributed by atoms with Crippen molar-refractivity contribution in [3.63, 3.8) is 0 Å². The summed E-state index contributed by atoms with van der Waals surface area (Å²) in [6, 6.07) is 26.8. The molecule has 0 bridgehead atoms. The normalized spacial score (nSPS) is 14.1. The lowest BCUT2D eigenvalue weighted by Gasteiger charge is -2.34. The zero-order valence-corrected chi connectivity index (χ0v) is 27.2. The number of carbonyl (C=O) groups is 2. The Morgan fingerprint density at radius 1 is 0.891 bits per heavy atom. The number of anilines is 1. The Hall–Kier alpha value is -4.21. The van der Waals surface area contributed by atoms with Crippen molar-refractivity contribution in [2.75, 3.05) is 10.8 Å². The molecule has 0 radical (unpaired) electrons. The molecular weight excluding hydrogens is 625 g/mol. The predicted octanol–water partition coefficient (Wildman–Crippen LogP) is 6.68. The van der Waals surface area contributed by atoms with Crippen LogP contribution in [0.1, 0.15) is 42.4 Å². The third-order valence-corrected chi connectivity index (χ3v) is 10.5. The van der Waals surface area contributed by atoms with Crippen molar-refractivity contribution in [2.24, 2.45) is 0 Å². The van der Waals surface area contributed by atoms with Crippen molar-refractivity contribution >= 4 is 39.1 Å². The summed E-state index contributed by atoms with van der Waals surface area (Å²) in [5.41, 5.74) is 2.39. The van der Waals surface area contributed by atoms with E-state index in [4.69, 9.17) is 11.6 Å². The highest BCUT2D eigenvalue weighted by Crippen LogP contribution is 2.29. The standard InChI is InChI=1S/C36H37ClFN3O4S/c1-26-16-21-31(23-33(26)37)41(46(44,45)32-14-6-3-7-15-32)25-35(42)40(24-28-17-19-29(38)20-18-28)34(22-27-10-4-2-5-11-27)36(43)39-30-12-8-9-13-30/h2-7,10-11,14-21,23,30,34H,8-9,12-13,22,24-25H2,1H3,(H,39,43)/t34-/m1/s1. The molecule has 0 aromatic heterocycles. The molecule has 10 heteroatoms. The Morgan fingerprint density at radius 2 is 1.52 bits per heavy atom. The minimum Gasteiger partial charge on any atom is -0.352 e. The molecule has 4 aromatic rings. The zero-order chi connectivity index (χ0) is 32.7. The van der Waals surface area contributed by atoms with Crippen molar-refractivity contribution < 1.29 is 22.4 Å². The molecule has 5 rings (SSSR count). The van der Waals surface area contributed by atoms with Crippen LogP contribution >= 0.6 is 11.6 Å². The number of rotatable bonds is 12. The molecule has 4 aromatic carbocycles. The van der Waals surface area contributed by atoms with Gasteiger partial charge in [0, 0.05) is 24.0 Å². The maximum absolute atomic E-state index is 14.5. The number of nitrogens with zero attached hydrogens (tertiary/aromatic N) is 2. The summed E-state index contributed by atoms with van der Waals surface area (Å²) in [7, 11) is -4.24. The van der Waals surface area contributed by atoms with Crippen molar-refractivity contribution in [1.29, 1.82) is 0 Å². The number of amides is 2. The van der Waals surface area contributed by atoms with Gasteiger partial charge >= 0.3 is 0 Å². The van der Waals surface area contributed by atoms with E-state index in [9.17, 15) is 22.4 Å². The van der Waals surface area contributed by atoms with Gasteiger partial charge in [0.1, 0.15) is 18.4 Å². The third kappa shape index (κ3) is 8.13. The summed E-state index contributed by atoms with van der Waals surface area (Å²) in [5, 5.41) is 3.49. The molecule has 2 amide bonds. The van der Waals surface area contributed by atoms with Gasteiger partial charge in [-0.3, -0.25) is 13.9 Å². The van der Waals surface area contributed by atoms with Crippen LogP contribution in [0.5, 0.6) is 0 Å². The van der Waals surface area contributed by atoms with E-state index in [1.165, 1.54) is 35.2 Å². The van der Waals surface area contributed by atoms with Crippen LogP contribution in [0.25, 0.3) is 0 Å². The molecule has 0 unspecified atom stereocenters. The summed E-state index contributed by atoms with van der Waals surface area (Å²) in [4.78, 5) is 30.0. The Bertz CT molecular complexity index is 1750. The molecule has 0 spiro atoms. The van der Waals surface area contributed by atoms with E-state index in [0.717, 1.165) is 41.1 Å². The minimum atomic E-state index is -4.24. The van der Waals surface area contributed by atoms with Crippen LogP contribution in [0, 0.1) is 12.7 Å². The monoisotopic (exact) mass is 661 g/mol. The molecule has 46 heavy (non-hydrogen) atoms. The minimum absolute atomic E-state index is 0.00166. The number of nitrogens with one attached hydrogen (secondary N) is 1. The fourth-order valence-electron chi connectivity index (χ4n) is 5.69. The molecule has 1 fully saturated rings. The predicted molar refractivity (Wildman–Crippen MR) is 178 cm³/mol. The van der Waals surface area contributed by atoms with E-state index in [-0.39, 0.29) is 35.5 Å². The van der Waals surface area contributed by atoms with Crippen LogP contribution in [0.4, 0.5) is 10.1 Å². The molecule has 1 N–H and O–H groups in total. The molecule has 7 nitrogen and oxygen atoms in total. The Kier molecular flexibility index (Phi) is 10.8. The van der Waals surface area contributed by atoms with E-state index >= 15 is 0 Å². The summed E-state index contributed by atoms with van der Waals surface area (Å²) in [6.45, 7) is 1.16. The van der Waals surface area contributed by atoms with Gasteiger partial charge < -0.3 is 10.2 Å². The van der Waals surface area contributed by atoms with Gasteiger partial charge in [-0.05, 0) is 72.9 Å². The smallest absolute Gasteiger partial charge is 0.264 e. The van der Waals surface area contributed by atoms with Crippen LogP contribution in [-0.4, -0.2) is 43.8 Å². The second kappa shape index (κ2) is 14.9. The van der Waals surface area contributed by atoms with Crippen LogP contribution < -0.4 is 9.62 Å². The number of halogens is 2. The van der Waals surface area contributed by atoms with E-state index < -0.39 is 34.3 Å². The van der Waals surface area contributed by atoms with Gasteiger partial charge in [0.05, 0.1) is 10.6 Å². The number of benzene rings is 4. The number of hydrogen-bond acceptors (Lipinski definition) is 4. The molecule has 1 atom stereocenters. The molecule has 1 aliphatic rings. The van der Waals surface area contributed by atoms with Crippen molar-refractivity contribution in [3.8, 4) is 0 Å². The summed E-state index contributed by atoms with van der Waals surface area (Å²) < 4.78 is 43.1. The molecule has 0 heterocycles. The average molecular weight is 662 g/mol.